The Labute approximate surface area is 213 Å². The topological polar surface area (TPSA) is 97.9 Å². The van der Waals surface area contributed by atoms with E-state index in [2.05, 4.69) is 61.9 Å². The Morgan fingerprint density at radius 3 is 1.20 bits per heavy atom. The second kappa shape index (κ2) is 24.5. The molecule has 8 nitrogen and oxygen atoms in total. The lowest BCUT2D eigenvalue weighted by molar-refractivity contribution is -0.671. The Kier molecular flexibility index (Phi) is 24.2. The van der Waals surface area contributed by atoms with E-state index in [1.54, 1.807) is 0 Å². The van der Waals surface area contributed by atoms with Gasteiger partial charge in [0.2, 0.25) is 12.7 Å². The number of hydrogen-bond donors (Lipinski definition) is 0. The fourth-order valence-electron chi connectivity index (χ4n) is 2.95. The number of carboxylic acids is 2. The molecule has 2 aromatic rings. The van der Waals surface area contributed by atoms with Crippen LogP contribution in [0.3, 0.4) is 0 Å². The molecule has 0 N–H and O–H groups in total. The highest BCUT2D eigenvalue weighted by atomic mass is 16.4. The molecule has 0 aromatic carbocycles. The van der Waals surface area contributed by atoms with Gasteiger partial charge < -0.3 is 19.8 Å². The maximum Gasteiger partial charge on any atom is 0.243 e. The minimum Gasteiger partial charge on any atom is -0.550 e. The molecule has 202 valence electrons. The van der Waals surface area contributed by atoms with Crippen LogP contribution in [0.5, 0.6) is 0 Å². The summed E-state index contributed by atoms with van der Waals surface area (Å²) in [5.41, 5.74) is 0. The van der Waals surface area contributed by atoms with Crippen LogP contribution in [-0.2, 0) is 36.8 Å². The Morgan fingerprint density at radius 1 is 0.629 bits per heavy atom. The zero-order chi connectivity index (χ0) is 26.9. The number of rotatable bonds is 13. The van der Waals surface area contributed by atoms with Crippen LogP contribution in [0, 0.1) is 0 Å². The van der Waals surface area contributed by atoms with Crippen LogP contribution < -0.4 is 19.3 Å². The highest BCUT2D eigenvalue weighted by Crippen LogP contribution is 2.03. The van der Waals surface area contributed by atoms with Gasteiger partial charge in [-0.15, -0.1) is 0 Å². The van der Waals surface area contributed by atoms with Gasteiger partial charge in [0.05, 0.1) is 27.2 Å². The quantitative estimate of drug-likeness (QED) is 0.316. The van der Waals surface area contributed by atoms with Crippen LogP contribution in [0.4, 0.5) is 0 Å². The average molecular weight is 495 g/mol. The Morgan fingerprint density at radius 2 is 0.971 bits per heavy atom. The molecule has 0 aliphatic heterocycles. The molecular formula is C27H50N4O4. The third kappa shape index (κ3) is 25.8. The maximum atomic E-state index is 9.92. The normalized spacial score (nSPS) is 9.66. The molecule has 0 amide bonds. The van der Waals surface area contributed by atoms with Gasteiger partial charge in [-0.1, -0.05) is 58.8 Å². The third-order valence-electron chi connectivity index (χ3n) is 5.10. The number of aliphatic carboxylic acids is 2. The van der Waals surface area contributed by atoms with Crippen LogP contribution in [-0.4, -0.2) is 21.1 Å². The molecule has 0 bridgehead atoms. The summed E-state index contributed by atoms with van der Waals surface area (Å²) >= 11 is 0. The fourth-order valence-corrected chi connectivity index (χ4v) is 2.95. The van der Waals surface area contributed by atoms with Gasteiger partial charge in [0, 0.05) is 11.9 Å². The number of aromatic nitrogens is 4. The standard InChI is InChI=1S/C8H16O2.C7H14O2.2C6H11N2/c1-2-3-4-5-6-7-8(9)10;1-2-3-4-5-6-7(8)9;2*1-3-8-5-4-7(2)6-8/h2-7H2,1H3,(H,9,10);2-6H2,1H3,(H,8,9);2*4-6H,3H2,1-2H3/q;;2*+1/p-2. The minimum atomic E-state index is -0.925. The van der Waals surface area contributed by atoms with Crippen LogP contribution in [0.1, 0.15) is 98.3 Å². The van der Waals surface area contributed by atoms with Crippen molar-refractivity contribution in [2.24, 2.45) is 14.1 Å². The van der Waals surface area contributed by atoms with Crippen molar-refractivity contribution in [1.82, 2.24) is 9.13 Å². The number of unbranched alkanes of at least 4 members (excludes halogenated alkanes) is 7. The molecular weight excluding hydrogens is 444 g/mol. The van der Waals surface area contributed by atoms with E-state index < -0.39 is 11.9 Å². The zero-order valence-corrected chi connectivity index (χ0v) is 23.1. The fraction of sp³-hybridized carbons (Fsp3) is 0.704. The SMILES string of the molecule is CCCCCCC(=O)[O-].CCCCCCCC(=O)[O-].CCn1cc[n+](C)c1.CCn1cc[n+](C)c1. The first-order chi connectivity index (χ1) is 16.7. The highest BCUT2D eigenvalue weighted by Gasteiger charge is 1.93. The molecule has 2 heterocycles. The molecule has 0 radical (unpaired) electrons. The van der Waals surface area contributed by atoms with Crippen molar-refractivity contribution in [3.8, 4) is 0 Å². The van der Waals surface area contributed by atoms with Crippen molar-refractivity contribution < 1.29 is 28.9 Å². The first-order valence-electron chi connectivity index (χ1n) is 13.1. The van der Waals surface area contributed by atoms with Crippen LogP contribution in [0.25, 0.3) is 0 Å². The summed E-state index contributed by atoms with van der Waals surface area (Å²) in [6, 6.07) is 0. The van der Waals surface area contributed by atoms with Gasteiger partial charge in [-0.25, -0.2) is 18.3 Å². The molecule has 0 saturated heterocycles. The first kappa shape index (κ1) is 34.5. The smallest absolute Gasteiger partial charge is 0.243 e. The summed E-state index contributed by atoms with van der Waals surface area (Å²) in [6.07, 6.45) is 22.2. The molecule has 0 saturated carbocycles. The van der Waals surface area contributed by atoms with Crippen LogP contribution in [0.15, 0.2) is 37.4 Å². The van der Waals surface area contributed by atoms with Gasteiger partial charge >= 0.3 is 0 Å². The third-order valence-corrected chi connectivity index (χ3v) is 5.10. The number of aryl methyl sites for hydroxylation is 4. The Hall–Kier alpha value is -2.64. The Bertz CT molecular complexity index is 716. The van der Waals surface area contributed by atoms with Crippen molar-refractivity contribution in [3.05, 3.63) is 37.4 Å². The van der Waals surface area contributed by atoms with Crippen molar-refractivity contribution >= 4 is 11.9 Å². The monoisotopic (exact) mass is 494 g/mol. The molecule has 0 atom stereocenters. The molecule has 2 rings (SSSR count). The lowest BCUT2D eigenvalue weighted by atomic mass is 10.1. The molecule has 0 aliphatic rings. The van der Waals surface area contributed by atoms with Gasteiger partial charge in [-0.05, 0) is 39.5 Å². The van der Waals surface area contributed by atoms with Crippen molar-refractivity contribution in [3.63, 3.8) is 0 Å². The first-order valence-corrected chi connectivity index (χ1v) is 13.1. The molecule has 0 fully saturated rings. The van der Waals surface area contributed by atoms with Gasteiger partial charge in [0.1, 0.15) is 24.8 Å². The zero-order valence-electron chi connectivity index (χ0n) is 23.1. The second-order valence-corrected chi connectivity index (χ2v) is 8.54. The van der Waals surface area contributed by atoms with E-state index in [9.17, 15) is 19.8 Å². The number of hydrogen-bond acceptors (Lipinski definition) is 4. The number of carboxylic acid groups (broad SMARTS) is 2. The lowest BCUT2D eigenvalue weighted by Crippen LogP contribution is -2.23. The predicted molar refractivity (Wildman–Crippen MR) is 135 cm³/mol. The average Bonchev–Trinajstić information content (AvgIpc) is 3.45. The second-order valence-electron chi connectivity index (χ2n) is 8.54. The summed E-state index contributed by atoms with van der Waals surface area (Å²) in [5.74, 6) is -1.84. The summed E-state index contributed by atoms with van der Waals surface area (Å²) in [6.45, 7) is 10.6. The van der Waals surface area contributed by atoms with E-state index in [1.807, 2.05) is 35.6 Å². The number of carbonyl (C=O) groups is 2. The van der Waals surface area contributed by atoms with E-state index in [1.165, 1.54) is 12.8 Å². The number of nitrogens with zero attached hydrogens (tertiary/aromatic N) is 4. The summed E-state index contributed by atoms with van der Waals surface area (Å²) in [7, 11) is 4.04. The molecule has 0 spiro atoms. The van der Waals surface area contributed by atoms with Crippen molar-refractivity contribution in [2.75, 3.05) is 0 Å². The van der Waals surface area contributed by atoms with E-state index in [4.69, 9.17) is 0 Å². The highest BCUT2D eigenvalue weighted by molar-refractivity contribution is 5.64. The molecule has 35 heavy (non-hydrogen) atoms. The summed E-state index contributed by atoms with van der Waals surface area (Å²) in [4.78, 5) is 19.8. The number of carbonyl (C=O) groups excluding carboxylic acids is 2. The molecule has 0 unspecified atom stereocenters. The van der Waals surface area contributed by atoms with E-state index >= 15 is 0 Å². The van der Waals surface area contributed by atoms with Crippen molar-refractivity contribution in [1.29, 1.82) is 0 Å². The van der Waals surface area contributed by atoms with E-state index in [0.29, 0.717) is 0 Å². The van der Waals surface area contributed by atoms with Crippen LogP contribution in [0.2, 0.25) is 0 Å². The molecule has 2 aromatic heterocycles. The van der Waals surface area contributed by atoms with Gasteiger partial charge in [-0.3, -0.25) is 0 Å². The maximum absolute atomic E-state index is 9.92. The lowest BCUT2D eigenvalue weighted by Gasteiger charge is -2.00. The van der Waals surface area contributed by atoms with Crippen molar-refractivity contribution in [2.45, 2.75) is 111 Å². The van der Waals surface area contributed by atoms with Gasteiger partial charge in [0.15, 0.2) is 0 Å². The predicted octanol–water partition coefficient (Wildman–Crippen LogP) is 2.47. The van der Waals surface area contributed by atoms with Gasteiger partial charge in [0.25, 0.3) is 0 Å². The van der Waals surface area contributed by atoms with Crippen LogP contribution >= 0.6 is 0 Å². The van der Waals surface area contributed by atoms with E-state index in [-0.39, 0.29) is 12.8 Å². The van der Waals surface area contributed by atoms with Gasteiger partial charge in [-0.2, -0.15) is 0 Å². The molecule has 8 heteroatoms. The summed E-state index contributed by atoms with van der Waals surface area (Å²) < 4.78 is 8.31. The largest absolute Gasteiger partial charge is 0.550 e. The summed E-state index contributed by atoms with van der Waals surface area (Å²) in [5, 5.41) is 19.8. The van der Waals surface area contributed by atoms with E-state index in [0.717, 1.165) is 58.0 Å². The number of imidazole rings is 2. The molecule has 0 aliphatic carbocycles. The minimum absolute atomic E-state index is 0.222. The Balaban J connectivity index is 0.